The van der Waals surface area contributed by atoms with E-state index in [4.69, 9.17) is 15.5 Å². The highest BCUT2D eigenvalue weighted by Gasteiger charge is 2.40. The first-order chi connectivity index (χ1) is 19.5. The highest BCUT2D eigenvalue weighted by molar-refractivity contribution is 5.83. The number of pyridine rings is 1. The number of nitrogens with zero attached hydrogens (tertiary/aromatic N) is 3. The molecule has 2 saturated heterocycles. The third-order valence-electron chi connectivity index (χ3n) is 9.12. The van der Waals surface area contributed by atoms with E-state index in [0.717, 1.165) is 73.2 Å². The molecule has 8 nitrogen and oxygen atoms in total. The van der Waals surface area contributed by atoms with Gasteiger partial charge in [-0.25, -0.2) is 4.98 Å². The van der Waals surface area contributed by atoms with E-state index in [-0.39, 0.29) is 30.0 Å². The molecule has 0 bridgehead atoms. The maximum absolute atomic E-state index is 14.5. The van der Waals surface area contributed by atoms with Gasteiger partial charge in [0, 0.05) is 55.1 Å². The molecule has 3 aliphatic rings. The lowest BCUT2D eigenvalue weighted by Gasteiger charge is -2.38. The molecule has 0 spiro atoms. The first-order valence-electron chi connectivity index (χ1n) is 14.9. The molecule has 40 heavy (non-hydrogen) atoms. The number of anilines is 1. The molecule has 2 aliphatic heterocycles. The molecule has 0 radical (unpaired) electrons. The van der Waals surface area contributed by atoms with Gasteiger partial charge in [0.1, 0.15) is 11.7 Å². The van der Waals surface area contributed by atoms with Crippen LogP contribution in [0.2, 0.25) is 0 Å². The van der Waals surface area contributed by atoms with Crippen molar-refractivity contribution in [1.29, 1.82) is 0 Å². The molecule has 3 atom stereocenters. The van der Waals surface area contributed by atoms with Crippen LogP contribution in [0.5, 0.6) is 0 Å². The number of allylic oxidation sites excluding steroid dienone is 1. The lowest BCUT2D eigenvalue weighted by molar-refractivity contribution is -0.136. The largest absolute Gasteiger partial charge is 0.399 e. The van der Waals surface area contributed by atoms with Crippen molar-refractivity contribution in [3.63, 3.8) is 0 Å². The number of imidazole rings is 1. The second-order valence-electron chi connectivity index (χ2n) is 11.6. The minimum Gasteiger partial charge on any atom is -0.399 e. The topological polar surface area (TPSA) is 96.9 Å². The molecule has 8 heteroatoms. The van der Waals surface area contributed by atoms with Crippen molar-refractivity contribution in [2.24, 2.45) is 5.92 Å². The fraction of sp³-hybridized carbons (Fsp3) is 0.500. The quantitative estimate of drug-likeness (QED) is 0.358. The van der Waals surface area contributed by atoms with Crippen molar-refractivity contribution in [3.8, 4) is 11.1 Å². The Morgan fingerprint density at radius 3 is 2.58 bits per heavy atom. The molecule has 1 aliphatic carbocycles. The van der Waals surface area contributed by atoms with E-state index in [0.29, 0.717) is 13.2 Å². The molecule has 3 aromatic rings. The van der Waals surface area contributed by atoms with E-state index in [9.17, 15) is 4.79 Å². The molecule has 1 saturated carbocycles. The first-order valence-corrected chi connectivity index (χ1v) is 14.9. The summed E-state index contributed by atoms with van der Waals surface area (Å²) < 4.78 is 7.78. The summed E-state index contributed by atoms with van der Waals surface area (Å²) in [5.74, 6) is 0.450. The summed E-state index contributed by atoms with van der Waals surface area (Å²) in [5, 5.41) is 7.23. The van der Waals surface area contributed by atoms with Crippen LogP contribution in [0.15, 0.2) is 60.1 Å². The van der Waals surface area contributed by atoms with Crippen molar-refractivity contribution in [1.82, 2.24) is 24.9 Å². The molecule has 2 unspecified atom stereocenters. The normalized spacial score (nSPS) is 21.3. The van der Waals surface area contributed by atoms with E-state index in [1.165, 1.54) is 17.7 Å². The van der Waals surface area contributed by atoms with Gasteiger partial charge >= 0.3 is 0 Å². The van der Waals surface area contributed by atoms with Crippen molar-refractivity contribution in [3.05, 3.63) is 65.8 Å². The predicted octanol–water partition coefficient (Wildman–Crippen LogP) is 4.68. The van der Waals surface area contributed by atoms with Crippen LogP contribution in [0.1, 0.15) is 63.6 Å². The van der Waals surface area contributed by atoms with Crippen LogP contribution < -0.4 is 16.4 Å². The van der Waals surface area contributed by atoms with Crippen molar-refractivity contribution < 1.29 is 9.53 Å². The average Bonchev–Trinajstić information content (AvgIpc) is 3.62. The Morgan fingerprint density at radius 1 is 1.10 bits per heavy atom. The van der Waals surface area contributed by atoms with Gasteiger partial charge in [-0.2, -0.15) is 0 Å². The number of carbonyl (C=O) groups excluding carboxylic acids is 1. The smallest absolute Gasteiger partial charge is 0.245 e. The molecule has 3 fully saturated rings. The molecule has 6 rings (SSSR count). The Hall–Kier alpha value is -3.36. The van der Waals surface area contributed by atoms with E-state index in [1.807, 2.05) is 43.6 Å². The lowest BCUT2D eigenvalue weighted by atomic mass is 9.86. The van der Waals surface area contributed by atoms with Gasteiger partial charge in [0.2, 0.25) is 5.91 Å². The number of nitrogens with two attached hydrogens (primary N) is 1. The van der Waals surface area contributed by atoms with Crippen LogP contribution in [0.4, 0.5) is 5.69 Å². The van der Waals surface area contributed by atoms with Crippen LogP contribution in [-0.4, -0.2) is 59.1 Å². The molecule has 2 aromatic heterocycles. The van der Waals surface area contributed by atoms with Gasteiger partial charge < -0.3 is 30.4 Å². The molecule has 4 N–H and O–H groups in total. The van der Waals surface area contributed by atoms with Crippen LogP contribution in [0.3, 0.4) is 0 Å². The number of likely N-dealkylation sites (N-methyl/N-ethyl adjacent to an activating group) is 1. The Morgan fingerprint density at radius 2 is 1.88 bits per heavy atom. The highest BCUT2D eigenvalue weighted by Crippen LogP contribution is 2.36. The molecule has 212 valence electrons. The van der Waals surface area contributed by atoms with Crippen molar-refractivity contribution >= 4 is 17.2 Å². The Labute approximate surface area is 237 Å². The monoisotopic (exact) mass is 542 g/mol. The molecular formula is C32H42N6O2. The van der Waals surface area contributed by atoms with Crippen molar-refractivity contribution in [2.75, 3.05) is 32.5 Å². The standard InChI is InChI=1S/C32H42N6O2/c1-21(34-2)29(23-6-3-7-23)36-30(24-14-18-40-19-15-24)32(39)38-17-5-9-28(38)27-20-37-16-4-8-26(31(37)35-27)22-10-12-25(33)13-11-22/h4,8,10-13,16,20-21,24,28,30,34,36H,3,5-7,9,14-15,17-19,33H2,1-2H3/t21-,28?,30?/m0/s1. The lowest BCUT2D eigenvalue weighted by Crippen LogP contribution is -2.53. The number of rotatable bonds is 8. The van der Waals surface area contributed by atoms with E-state index >= 15 is 0 Å². The third kappa shape index (κ3) is 5.22. The fourth-order valence-corrected chi connectivity index (χ4v) is 6.50. The minimum absolute atomic E-state index is 0.0302. The number of fused-ring (bicyclic) bond motifs is 1. The minimum atomic E-state index is -0.259. The summed E-state index contributed by atoms with van der Waals surface area (Å²) in [4.78, 5) is 21.7. The van der Waals surface area contributed by atoms with E-state index in [1.54, 1.807) is 0 Å². The molecular weight excluding hydrogens is 500 g/mol. The summed E-state index contributed by atoms with van der Waals surface area (Å²) in [6, 6.07) is 12.0. The summed E-state index contributed by atoms with van der Waals surface area (Å²) in [5.41, 5.74) is 13.4. The van der Waals surface area contributed by atoms with Crippen LogP contribution in [0.25, 0.3) is 16.8 Å². The average molecular weight is 543 g/mol. The van der Waals surface area contributed by atoms with Gasteiger partial charge in [-0.3, -0.25) is 4.79 Å². The molecule has 1 amide bonds. The third-order valence-corrected chi connectivity index (χ3v) is 9.12. The number of ether oxygens (including phenoxy) is 1. The SMILES string of the molecule is CN[C@@H](C)C(NC(C(=O)N1CCCC1c1cn2cccc(-c3ccc(N)cc3)c2n1)C1CCOCC1)=C1CCC1. The van der Waals surface area contributed by atoms with Crippen molar-refractivity contribution in [2.45, 2.75) is 70.0 Å². The van der Waals surface area contributed by atoms with E-state index < -0.39 is 0 Å². The van der Waals surface area contributed by atoms with Gasteiger partial charge in [0.25, 0.3) is 0 Å². The van der Waals surface area contributed by atoms with E-state index in [2.05, 4.69) is 39.1 Å². The first kappa shape index (κ1) is 26.8. The maximum atomic E-state index is 14.5. The zero-order valence-corrected chi connectivity index (χ0v) is 23.7. The van der Waals surface area contributed by atoms with Gasteiger partial charge in [-0.15, -0.1) is 0 Å². The summed E-state index contributed by atoms with van der Waals surface area (Å²) in [6.45, 7) is 4.38. The molecule has 1 aromatic carbocycles. The number of nitrogens with one attached hydrogen (secondary N) is 2. The molecule has 4 heterocycles. The van der Waals surface area contributed by atoms with Crippen LogP contribution in [0, 0.1) is 5.92 Å². The van der Waals surface area contributed by atoms with Gasteiger partial charge in [0.15, 0.2) is 0 Å². The number of aromatic nitrogens is 2. The van der Waals surface area contributed by atoms with Crippen LogP contribution in [-0.2, 0) is 9.53 Å². The van der Waals surface area contributed by atoms with Crippen LogP contribution >= 0.6 is 0 Å². The predicted molar refractivity (Wildman–Crippen MR) is 159 cm³/mol. The Bertz CT molecular complexity index is 1370. The van der Waals surface area contributed by atoms with Gasteiger partial charge in [0.05, 0.1) is 11.7 Å². The maximum Gasteiger partial charge on any atom is 0.245 e. The Kier molecular flexibility index (Phi) is 7.80. The highest BCUT2D eigenvalue weighted by atomic mass is 16.5. The summed E-state index contributed by atoms with van der Waals surface area (Å²) >= 11 is 0. The zero-order chi connectivity index (χ0) is 27.6. The number of carbonyl (C=O) groups is 1. The zero-order valence-electron chi connectivity index (χ0n) is 23.7. The number of likely N-dealkylation sites (tertiary alicyclic amines) is 1. The number of hydrogen-bond acceptors (Lipinski definition) is 6. The summed E-state index contributed by atoms with van der Waals surface area (Å²) in [7, 11) is 2.00. The number of nitrogen functional groups attached to an aromatic ring is 1. The van der Waals surface area contributed by atoms with Gasteiger partial charge in [-0.05, 0) is 100 Å². The number of amides is 1. The Balaban J connectivity index is 1.31. The summed E-state index contributed by atoms with van der Waals surface area (Å²) in [6.07, 6.45) is 11.3. The second-order valence-corrected chi connectivity index (χ2v) is 11.6. The fourth-order valence-electron chi connectivity index (χ4n) is 6.50. The number of benzene rings is 1. The second kappa shape index (κ2) is 11.6. The van der Waals surface area contributed by atoms with Gasteiger partial charge in [-0.1, -0.05) is 12.1 Å². The number of hydrogen-bond donors (Lipinski definition) is 3.